The molecule has 0 unspecified atom stereocenters. The zero-order valence-electron chi connectivity index (χ0n) is 12.4. The molecule has 1 nitrogen and oxygen atoms in total. The predicted octanol–water partition coefficient (Wildman–Crippen LogP) is 5.54. The molecule has 23 heavy (non-hydrogen) atoms. The molecule has 0 amide bonds. The van der Waals surface area contributed by atoms with E-state index in [1.54, 1.807) is 0 Å². The van der Waals surface area contributed by atoms with Crippen LogP contribution in [0.2, 0.25) is 5.02 Å². The third-order valence-electron chi connectivity index (χ3n) is 3.29. The Balaban J connectivity index is 1.84. The van der Waals surface area contributed by atoms with Crippen LogP contribution in [0.5, 0.6) is 5.75 Å². The lowest BCUT2D eigenvalue weighted by atomic mass is 10.1. The zero-order valence-corrected chi connectivity index (χ0v) is 14.2. The number of benzene rings is 3. The Kier molecular flexibility index (Phi) is 5.30. The minimum Gasteiger partial charge on any atom is -0.536 e. The van der Waals surface area contributed by atoms with Crippen LogP contribution < -0.4 is 4.43 Å². The van der Waals surface area contributed by atoms with Crippen LogP contribution in [-0.2, 0) is 0 Å². The Hall–Kier alpha value is -2.29. The summed E-state index contributed by atoms with van der Waals surface area (Å²) < 4.78 is 5.95. The molecule has 0 aliphatic carbocycles. The first-order chi connectivity index (χ1) is 11.3. The average molecular weight is 335 g/mol. The summed E-state index contributed by atoms with van der Waals surface area (Å²) in [5.41, 5.74) is 2.34. The van der Waals surface area contributed by atoms with E-state index < -0.39 is 0 Å². The van der Waals surface area contributed by atoms with Crippen molar-refractivity contribution in [3.05, 3.63) is 101 Å². The van der Waals surface area contributed by atoms with E-state index in [-0.39, 0.29) is 9.76 Å². The Morgan fingerprint density at radius 2 is 1.39 bits per heavy atom. The Labute approximate surface area is 144 Å². The van der Waals surface area contributed by atoms with Gasteiger partial charge in [0, 0.05) is 5.02 Å². The van der Waals surface area contributed by atoms with Crippen molar-refractivity contribution in [1.29, 1.82) is 0 Å². The van der Waals surface area contributed by atoms with E-state index >= 15 is 0 Å². The van der Waals surface area contributed by atoms with Crippen LogP contribution in [0.25, 0.3) is 11.3 Å². The molecule has 0 aliphatic rings. The molecule has 0 saturated carbocycles. The molecule has 0 aromatic heterocycles. The molecule has 0 bridgehead atoms. The van der Waals surface area contributed by atoms with Crippen molar-refractivity contribution in [3.63, 3.8) is 0 Å². The second-order valence-corrected chi connectivity index (χ2v) is 6.38. The van der Waals surface area contributed by atoms with Crippen molar-refractivity contribution in [2.45, 2.75) is 0 Å². The van der Waals surface area contributed by atoms with Crippen LogP contribution in [0.15, 0.2) is 84.9 Å². The van der Waals surface area contributed by atoms with Gasteiger partial charge < -0.3 is 4.43 Å². The lowest BCUT2D eigenvalue weighted by Gasteiger charge is -2.09. The molecule has 3 rings (SSSR count). The molecule has 0 saturated heterocycles. The lowest BCUT2D eigenvalue weighted by molar-refractivity contribution is 0.606. The maximum atomic E-state index is 5.95. The summed E-state index contributed by atoms with van der Waals surface area (Å²) >= 11 is 5.91. The minimum absolute atomic E-state index is 0.219. The van der Waals surface area contributed by atoms with Crippen LogP contribution in [0.4, 0.5) is 0 Å². The molecule has 0 N–H and O–H groups in total. The van der Waals surface area contributed by atoms with Gasteiger partial charge in [-0.25, -0.2) is 0 Å². The van der Waals surface area contributed by atoms with Crippen LogP contribution in [0, 0.1) is 0 Å². The molecule has 0 heterocycles. The largest absolute Gasteiger partial charge is 0.536 e. The van der Waals surface area contributed by atoms with Gasteiger partial charge in [0.25, 0.3) is 0 Å². The van der Waals surface area contributed by atoms with Crippen molar-refractivity contribution in [1.82, 2.24) is 0 Å². The van der Waals surface area contributed by atoms with Crippen molar-refractivity contribution in [2.24, 2.45) is 0 Å². The smallest absolute Gasteiger partial charge is 0.351 e. The maximum Gasteiger partial charge on any atom is 0.351 e. The fourth-order valence-electron chi connectivity index (χ4n) is 2.12. The Morgan fingerprint density at radius 1 is 0.783 bits per heavy atom. The van der Waals surface area contributed by atoms with Crippen molar-refractivity contribution in [3.8, 4) is 5.75 Å². The molecule has 3 aromatic carbocycles. The molecular weight excluding hydrogens is 320 g/mol. The Morgan fingerprint density at radius 3 is 2.04 bits per heavy atom. The lowest BCUT2D eigenvalue weighted by Crippen LogP contribution is -2.05. The minimum atomic E-state index is 0.219. The Bertz CT molecular complexity index is 768. The normalized spacial score (nSPS) is 11.3. The van der Waals surface area contributed by atoms with Gasteiger partial charge in [-0.15, -0.1) is 0 Å². The summed E-state index contributed by atoms with van der Waals surface area (Å²) in [5.74, 6) is 0.822. The summed E-state index contributed by atoms with van der Waals surface area (Å²) in [6, 6.07) is 28.1. The van der Waals surface area contributed by atoms with Gasteiger partial charge in [-0.1, -0.05) is 78.3 Å². The van der Waals surface area contributed by atoms with E-state index in [0.717, 1.165) is 10.9 Å². The highest BCUT2D eigenvalue weighted by Crippen LogP contribution is 2.20. The second-order valence-electron chi connectivity index (χ2n) is 4.99. The van der Waals surface area contributed by atoms with Crippen LogP contribution in [-0.4, -0.2) is 9.76 Å². The van der Waals surface area contributed by atoms with E-state index in [1.165, 1.54) is 11.1 Å². The fourth-order valence-corrected chi connectivity index (χ4v) is 3.12. The highest BCUT2D eigenvalue weighted by molar-refractivity contribution is 6.58. The van der Waals surface area contributed by atoms with Crippen LogP contribution >= 0.6 is 11.6 Å². The highest BCUT2D eigenvalue weighted by Gasteiger charge is 2.07. The third-order valence-corrected chi connectivity index (χ3v) is 4.53. The fraction of sp³-hybridized carbons (Fsp3) is 0. The first-order valence-electron chi connectivity index (χ1n) is 7.32. The van der Waals surface area contributed by atoms with E-state index in [0.29, 0.717) is 5.02 Å². The molecule has 112 valence electrons. The number of hydrogen-bond acceptors (Lipinski definition) is 1. The van der Waals surface area contributed by atoms with E-state index in [4.69, 9.17) is 16.0 Å². The van der Waals surface area contributed by atoms with Crippen molar-refractivity contribution < 1.29 is 4.43 Å². The van der Waals surface area contributed by atoms with Gasteiger partial charge in [-0.05, 0) is 40.6 Å². The monoisotopic (exact) mass is 334 g/mol. The molecule has 3 aromatic rings. The maximum absolute atomic E-state index is 5.95. The van der Waals surface area contributed by atoms with Gasteiger partial charge in [-0.3, -0.25) is 0 Å². The summed E-state index contributed by atoms with van der Waals surface area (Å²) in [6.45, 7) is 0. The topological polar surface area (TPSA) is 9.23 Å². The summed E-state index contributed by atoms with van der Waals surface area (Å²) in [4.78, 5) is 0. The predicted molar refractivity (Wildman–Crippen MR) is 98.6 cm³/mol. The molecule has 0 atom stereocenters. The first kappa shape index (κ1) is 15.6. The van der Waals surface area contributed by atoms with Gasteiger partial charge in [0.15, 0.2) is 0 Å². The van der Waals surface area contributed by atoms with Gasteiger partial charge in [0.2, 0.25) is 0 Å². The number of hydrogen-bond donors (Lipinski definition) is 0. The quantitative estimate of drug-likeness (QED) is 0.440. The summed E-state index contributed by atoms with van der Waals surface area (Å²) in [7, 11) is 0.219. The standard InChI is InChI=1S/C20H15ClOSi/c21-18-11-13-19(14-12-18)22-23-20(17-9-5-2-6-10-17)15-16-7-3-1-4-8-16/h1-15H/b20-15-. The van der Waals surface area contributed by atoms with E-state index in [1.807, 2.05) is 60.7 Å². The number of halogens is 1. The van der Waals surface area contributed by atoms with E-state index in [9.17, 15) is 0 Å². The third kappa shape index (κ3) is 4.59. The van der Waals surface area contributed by atoms with Crippen LogP contribution in [0.1, 0.15) is 11.1 Å². The highest BCUT2D eigenvalue weighted by atomic mass is 35.5. The van der Waals surface area contributed by atoms with Gasteiger partial charge in [0.1, 0.15) is 5.75 Å². The summed E-state index contributed by atoms with van der Waals surface area (Å²) in [6.07, 6.45) is 2.17. The SMILES string of the molecule is Clc1ccc(O[Si]/C(=C\c2ccccc2)c2ccccc2)cc1. The molecule has 2 radical (unpaired) electrons. The molecule has 0 aliphatic heterocycles. The average Bonchev–Trinajstić information content (AvgIpc) is 2.61. The molecular formula is C20H15ClOSi. The molecule has 0 spiro atoms. The van der Waals surface area contributed by atoms with Crippen molar-refractivity contribution >= 4 is 32.6 Å². The van der Waals surface area contributed by atoms with Gasteiger partial charge >= 0.3 is 9.76 Å². The van der Waals surface area contributed by atoms with Gasteiger partial charge in [0.05, 0.1) is 0 Å². The van der Waals surface area contributed by atoms with Crippen LogP contribution in [0.3, 0.4) is 0 Å². The molecule has 0 fully saturated rings. The van der Waals surface area contributed by atoms with E-state index in [2.05, 4.69) is 30.3 Å². The number of rotatable bonds is 5. The molecule has 3 heteroatoms. The zero-order chi connectivity index (χ0) is 15.9. The first-order valence-corrected chi connectivity index (χ1v) is 8.60. The van der Waals surface area contributed by atoms with Gasteiger partial charge in [-0.2, -0.15) is 0 Å². The second kappa shape index (κ2) is 7.81. The summed E-state index contributed by atoms with van der Waals surface area (Å²) in [5, 5.41) is 1.87. The van der Waals surface area contributed by atoms with Crippen molar-refractivity contribution in [2.75, 3.05) is 0 Å².